The molecule has 4 heteroatoms. The molecule has 0 unspecified atom stereocenters. The molecule has 2 aromatic rings. The van der Waals surface area contributed by atoms with Crippen molar-refractivity contribution in [3.63, 3.8) is 0 Å². The zero-order valence-corrected chi connectivity index (χ0v) is 12.5. The average Bonchev–Trinajstić information content (AvgIpc) is 2.93. The maximum absolute atomic E-state index is 11.9. The Kier molecular flexibility index (Phi) is 5.32. The highest BCUT2D eigenvalue weighted by Gasteiger charge is 2.03. The number of carbonyl (C=O) groups is 1. The highest BCUT2D eigenvalue weighted by molar-refractivity contribution is 6.06. The van der Waals surface area contributed by atoms with Gasteiger partial charge in [0.2, 0.25) is 0 Å². The van der Waals surface area contributed by atoms with Gasteiger partial charge in [-0.3, -0.25) is 9.48 Å². The van der Waals surface area contributed by atoms with Gasteiger partial charge in [-0.1, -0.05) is 31.6 Å². The van der Waals surface area contributed by atoms with Crippen LogP contribution < -0.4 is 4.74 Å². The normalized spacial score (nSPS) is 11.0. The molecule has 0 saturated carbocycles. The third-order valence-corrected chi connectivity index (χ3v) is 3.06. The molecule has 0 bridgehead atoms. The van der Waals surface area contributed by atoms with Gasteiger partial charge in [-0.2, -0.15) is 5.10 Å². The van der Waals surface area contributed by atoms with E-state index in [-0.39, 0.29) is 5.78 Å². The van der Waals surface area contributed by atoms with Crippen LogP contribution in [0.1, 0.15) is 35.7 Å². The monoisotopic (exact) mass is 284 g/mol. The second-order valence-electron chi connectivity index (χ2n) is 4.87. The molecule has 1 heterocycles. The van der Waals surface area contributed by atoms with Crippen molar-refractivity contribution in [2.75, 3.05) is 6.61 Å². The lowest BCUT2D eigenvalue weighted by Gasteiger charge is -2.04. The Bertz CT molecular complexity index is 612. The summed E-state index contributed by atoms with van der Waals surface area (Å²) in [5, 5.41) is 3.99. The number of ether oxygens (including phenoxy) is 1. The van der Waals surface area contributed by atoms with Crippen molar-refractivity contribution in [2.45, 2.75) is 19.8 Å². The molecule has 0 N–H and O–H groups in total. The first kappa shape index (κ1) is 15.0. The zero-order chi connectivity index (χ0) is 15.1. The summed E-state index contributed by atoms with van der Waals surface area (Å²) in [6.45, 7) is 2.88. The van der Waals surface area contributed by atoms with Gasteiger partial charge in [-0.05, 0) is 30.2 Å². The summed E-state index contributed by atoms with van der Waals surface area (Å²) in [6.07, 6.45) is 8.81. The standard InChI is InChI=1S/C17H20N2O2/c1-3-4-11-21-16-8-5-14(6-9-16)7-10-17(20)15-12-18-19(2)13-15/h5-10,12-13H,3-4,11H2,1-2H3. The molecule has 0 fully saturated rings. The van der Waals surface area contributed by atoms with Gasteiger partial charge in [0, 0.05) is 13.2 Å². The second-order valence-corrected chi connectivity index (χ2v) is 4.87. The van der Waals surface area contributed by atoms with Gasteiger partial charge in [0.25, 0.3) is 0 Å². The van der Waals surface area contributed by atoms with E-state index in [4.69, 9.17) is 4.74 Å². The van der Waals surface area contributed by atoms with E-state index in [0.717, 1.165) is 30.8 Å². The SMILES string of the molecule is CCCCOc1ccc(C=CC(=O)c2cnn(C)c2)cc1. The summed E-state index contributed by atoms with van der Waals surface area (Å²) in [7, 11) is 1.79. The molecule has 110 valence electrons. The van der Waals surface area contributed by atoms with Crippen LogP contribution in [-0.4, -0.2) is 22.2 Å². The Morgan fingerprint density at radius 1 is 1.33 bits per heavy atom. The van der Waals surface area contributed by atoms with Crippen molar-refractivity contribution in [3.8, 4) is 5.75 Å². The van der Waals surface area contributed by atoms with Crippen LogP contribution in [0.25, 0.3) is 6.08 Å². The number of aryl methyl sites for hydroxylation is 1. The minimum Gasteiger partial charge on any atom is -0.494 e. The molecule has 4 nitrogen and oxygen atoms in total. The highest BCUT2D eigenvalue weighted by atomic mass is 16.5. The lowest BCUT2D eigenvalue weighted by Crippen LogP contribution is -1.96. The fourth-order valence-corrected chi connectivity index (χ4v) is 1.83. The van der Waals surface area contributed by atoms with Gasteiger partial charge in [-0.15, -0.1) is 0 Å². The number of allylic oxidation sites excluding steroid dienone is 1. The summed E-state index contributed by atoms with van der Waals surface area (Å²) in [5.74, 6) is 0.811. The molecule has 0 spiro atoms. The summed E-state index contributed by atoms with van der Waals surface area (Å²) >= 11 is 0. The van der Waals surface area contributed by atoms with Crippen molar-refractivity contribution < 1.29 is 9.53 Å². The van der Waals surface area contributed by atoms with Crippen LogP contribution in [-0.2, 0) is 7.05 Å². The Morgan fingerprint density at radius 3 is 2.71 bits per heavy atom. The Labute approximate surface area is 125 Å². The first-order valence-electron chi connectivity index (χ1n) is 7.13. The summed E-state index contributed by atoms with van der Waals surface area (Å²) < 4.78 is 7.21. The molecule has 0 amide bonds. The summed E-state index contributed by atoms with van der Waals surface area (Å²) in [6, 6.07) is 7.72. The van der Waals surface area contributed by atoms with Crippen molar-refractivity contribution in [2.24, 2.45) is 7.05 Å². The topological polar surface area (TPSA) is 44.1 Å². The van der Waals surface area contributed by atoms with E-state index in [2.05, 4.69) is 12.0 Å². The Hall–Kier alpha value is -2.36. The second kappa shape index (κ2) is 7.43. The molecule has 21 heavy (non-hydrogen) atoms. The summed E-state index contributed by atoms with van der Waals surface area (Å²) in [5.41, 5.74) is 1.56. The fourth-order valence-electron chi connectivity index (χ4n) is 1.83. The number of nitrogens with zero attached hydrogens (tertiary/aromatic N) is 2. The van der Waals surface area contributed by atoms with E-state index in [1.165, 1.54) is 0 Å². The molecule has 0 aliphatic rings. The minimum atomic E-state index is -0.0497. The third-order valence-electron chi connectivity index (χ3n) is 3.06. The number of aromatic nitrogens is 2. The molecule has 0 saturated heterocycles. The Morgan fingerprint density at radius 2 is 2.10 bits per heavy atom. The number of carbonyl (C=O) groups excluding carboxylic acids is 1. The van der Waals surface area contributed by atoms with Gasteiger partial charge < -0.3 is 4.74 Å². The predicted octanol–water partition coefficient (Wildman–Crippen LogP) is 3.50. The zero-order valence-electron chi connectivity index (χ0n) is 12.5. The fraction of sp³-hybridized carbons (Fsp3) is 0.294. The number of hydrogen-bond donors (Lipinski definition) is 0. The number of rotatable bonds is 7. The maximum atomic E-state index is 11.9. The van der Waals surface area contributed by atoms with Gasteiger partial charge in [0.05, 0.1) is 18.4 Å². The van der Waals surface area contributed by atoms with Crippen molar-refractivity contribution in [1.82, 2.24) is 9.78 Å². The van der Waals surface area contributed by atoms with E-state index in [1.54, 1.807) is 36.3 Å². The smallest absolute Gasteiger partial charge is 0.189 e. The molecule has 0 aliphatic carbocycles. The first-order valence-corrected chi connectivity index (χ1v) is 7.13. The van der Waals surface area contributed by atoms with Gasteiger partial charge in [-0.25, -0.2) is 0 Å². The van der Waals surface area contributed by atoms with Gasteiger partial charge in [0.15, 0.2) is 5.78 Å². The van der Waals surface area contributed by atoms with Crippen LogP contribution in [0.5, 0.6) is 5.75 Å². The van der Waals surface area contributed by atoms with Crippen molar-refractivity contribution in [3.05, 3.63) is 53.9 Å². The van der Waals surface area contributed by atoms with Crippen molar-refractivity contribution >= 4 is 11.9 Å². The van der Waals surface area contributed by atoms with Crippen LogP contribution in [0.4, 0.5) is 0 Å². The quantitative estimate of drug-likeness (QED) is 0.444. The van der Waals surface area contributed by atoms with Gasteiger partial charge >= 0.3 is 0 Å². The lowest BCUT2D eigenvalue weighted by atomic mass is 10.1. The molecular formula is C17H20N2O2. The first-order chi connectivity index (χ1) is 10.2. The molecule has 1 aromatic heterocycles. The van der Waals surface area contributed by atoms with Gasteiger partial charge in [0.1, 0.15) is 5.75 Å². The van der Waals surface area contributed by atoms with Crippen LogP contribution >= 0.6 is 0 Å². The van der Waals surface area contributed by atoms with E-state index in [1.807, 2.05) is 24.3 Å². The molecule has 1 aromatic carbocycles. The third kappa shape index (κ3) is 4.60. The Balaban J connectivity index is 1.93. The molecule has 2 rings (SSSR count). The highest BCUT2D eigenvalue weighted by Crippen LogP contribution is 2.14. The molecular weight excluding hydrogens is 264 g/mol. The number of benzene rings is 1. The predicted molar refractivity (Wildman–Crippen MR) is 83.4 cm³/mol. The van der Waals surface area contributed by atoms with Crippen LogP contribution in [0.15, 0.2) is 42.7 Å². The average molecular weight is 284 g/mol. The number of ketones is 1. The van der Waals surface area contributed by atoms with Crippen molar-refractivity contribution in [1.29, 1.82) is 0 Å². The maximum Gasteiger partial charge on any atom is 0.189 e. The van der Waals surface area contributed by atoms with E-state index in [0.29, 0.717) is 5.56 Å². The van der Waals surface area contributed by atoms with E-state index < -0.39 is 0 Å². The molecule has 0 aliphatic heterocycles. The number of unbranched alkanes of at least 4 members (excludes halogenated alkanes) is 1. The lowest BCUT2D eigenvalue weighted by molar-refractivity contribution is 0.104. The molecule has 0 atom stereocenters. The largest absolute Gasteiger partial charge is 0.494 e. The summed E-state index contributed by atoms with van der Waals surface area (Å²) in [4.78, 5) is 11.9. The van der Waals surface area contributed by atoms with Crippen LogP contribution in [0.3, 0.4) is 0 Å². The van der Waals surface area contributed by atoms with E-state index >= 15 is 0 Å². The number of hydrogen-bond acceptors (Lipinski definition) is 3. The van der Waals surface area contributed by atoms with Crippen LogP contribution in [0, 0.1) is 0 Å². The minimum absolute atomic E-state index is 0.0497. The van der Waals surface area contributed by atoms with Crippen LogP contribution in [0.2, 0.25) is 0 Å². The molecule has 0 radical (unpaired) electrons. The van der Waals surface area contributed by atoms with E-state index in [9.17, 15) is 4.79 Å².